The van der Waals surface area contributed by atoms with Crippen molar-refractivity contribution < 1.29 is 19.8 Å². The summed E-state index contributed by atoms with van der Waals surface area (Å²) in [6.45, 7) is 22.1. The summed E-state index contributed by atoms with van der Waals surface area (Å²) in [5.74, 6) is -1.79. The molecule has 0 spiro atoms. The molecule has 210 valence electrons. The molecule has 0 aromatic carbocycles. The second-order valence-corrected chi connectivity index (χ2v) is 14.0. The van der Waals surface area contributed by atoms with E-state index in [1.165, 1.54) is 0 Å². The number of carboxylic acid groups (broad SMARTS) is 2. The number of aromatic carboxylic acids is 2. The third kappa shape index (κ3) is 5.12. The van der Waals surface area contributed by atoms with Crippen molar-refractivity contribution in [2.45, 2.75) is 142 Å². The van der Waals surface area contributed by atoms with Gasteiger partial charge in [-0.05, 0) is 101 Å². The van der Waals surface area contributed by atoms with E-state index in [-0.39, 0.29) is 55.6 Å². The van der Waals surface area contributed by atoms with Gasteiger partial charge in [0, 0.05) is 22.2 Å². The van der Waals surface area contributed by atoms with E-state index in [1.807, 2.05) is 0 Å². The molecule has 2 saturated heterocycles. The Morgan fingerprint density at radius 3 is 1.30 bits per heavy atom. The lowest BCUT2D eigenvalue weighted by atomic mass is 9.60. The first-order valence-electron chi connectivity index (χ1n) is 14.3. The molecular formula is C30H50N2O4S. The number of piperidine rings is 2. The van der Waals surface area contributed by atoms with Gasteiger partial charge in [-0.3, -0.25) is 0 Å². The Morgan fingerprint density at radius 1 is 0.730 bits per heavy atom. The molecule has 0 radical (unpaired) electrons. The molecule has 0 amide bonds. The first-order valence-corrected chi connectivity index (χ1v) is 15.1. The summed E-state index contributed by atoms with van der Waals surface area (Å²) in [7, 11) is 0. The van der Waals surface area contributed by atoms with E-state index in [0.29, 0.717) is 0 Å². The Hall–Kier alpha value is -1.44. The summed E-state index contributed by atoms with van der Waals surface area (Å²) in [6.07, 6.45) is 5.26. The van der Waals surface area contributed by atoms with Crippen LogP contribution in [0.4, 0.5) is 0 Å². The molecule has 0 aliphatic carbocycles. The second kappa shape index (κ2) is 10.3. The molecule has 6 nitrogen and oxygen atoms in total. The molecule has 0 saturated carbocycles. The monoisotopic (exact) mass is 534 g/mol. The van der Waals surface area contributed by atoms with Gasteiger partial charge in [0.05, 0.1) is 0 Å². The van der Waals surface area contributed by atoms with Gasteiger partial charge in [-0.15, -0.1) is 11.3 Å². The number of rotatable bonds is 8. The Bertz CT molecular complexity index is 961. The summed E-state index contributed by atoms with van der Waals surface area (Å²) < 4.78 is 0. The Kier molecular flexibility index (Phi) is 8.36. The van der Waals surface area contributed by atoms with Gasteiger partial charge in [-0.25, -0.2) is 9.59 Å². The van der Waals surface area contributed by atoms with Crippen LogP contribution in [0.15, 0.2) is 0 Å². The van der Waals surface area contributed by atoms with Crippen LogP contribution in [0, 0.1) is 11.8 Å². The van der Waals surface area contributed by atoms with Crippen molar-refractivity contribution in [2.24, 2.45) is 11.8 Å². The molecule has 2 aliphatic rings. The van der Waals surface area contributed by atoms with E-state index < -0.39 is 11.9 Å². The lowest BCUT2D eigenvalue weighted by Gasteiger charge is -2.55. The Labute approximate surface area is 228 Å². The molecule has 7 heteroatoms. The highest BCUT2D eigenvalue weighted by Gasteiger charge is 2.52. The highest BCUT2D eigenvalue weighted by molar-refractivity contribution is 7.16. The maximum Gasteiger partial charge on any atom is 0.346 e. The number of hydrogen-bond donors (Lipinski definition) is 4. The smallest absolute Gasteiger partial charge is 0.346 e. The summed E-state index contributed by atoms with van der Waals surface area (Å²) in [5.41, 5.74) is 0.938. The van der Waals surface area contributed by atoms with Crippen LogP contribution in [0.3, 0.4) is 0 Å². The first kappa shape index (κ1) is 30.1. The van der Waals surface area contributed by atoms with Crippen molar-refractivity contribution in [1.29, 1.82) is 0 Å². The Morgan fingerprint density at radius 2 is 1.05 bits per heavy atom. The van der Waals surface area contributed by atoms with Crippen molar-refractivity contribution in [2.75, 3.05) is 0 Å². The van der Waals surface area contributed by atoms with E-state index in [9.17, 15) is 19.8 Å². The largest absolute Gasteiger partial charge is 0.477 e. The minimum atomic E-state index is -1.01. The molecule has 3 heterocycles. The van der Waals surface area contributed by atoms with E-state index in [1.54, 1.807) is 0 Å². The van der Waals surface area contributed by atoms with Crippen LogP contribution < -0.4 is 10.6 Å². The fourth-order valence-corrected chi connectivity index (χ4v) is 8.54. The van der Waals surface area contributed by atoms with Gasteiger partial charge < -0.3 is 20.8 Å². The number of thiophene rings is 1. The molecule has 2 fully saturated rings. The zero-order valence-electron chi connectivity index (χ0n) is 24.7. The van der Waals surface area contributed by atoms with Crippen LogP contribution in [0.2, 0.25) is 0 Å². The lowest BCUT2D eigenvalue weighted by Crippen LogP contribution is -2.64. The van der Waals surface area contributed by atoms with E-state index in [2.05, 4.69) is 79.9 Å². The lowest BCUT2D eigenvalue weighted by molar-refractivity contribution is 0.0590. The van der Waals surface area contributed by atoms with Crippen LogP contribution in [0.1, 0.15) is 150 Å². The topological polar surface area (TPSA) is 98.7 Å². The Balaban J connectivity index is 2.36. The quantitative estimate of drug-likeness (QED) is 0.280. The van der Waals surface area contributed by atoms with Gasteiger partial charge in [0.15, 0.2) is 0 Å². The number of carboxylic acids is 2. The summed E-state index contributed by atoms with van der Waals surface area (Å²) in [6, 6.07) is 0. The minimum Gasteiger partial charge on any atom is -0.477 e. The second-order valence-electron chi connectivity index (χ2n) is 13.0. The average Bonchev–Trinajstić information content (AvgIpc) is 3.25. The zero-order valence-corrected chi connectivity index (χ0v) is 25.5. The standard InChI is InChI=1S/C30H50N2O4S/c1-11-27(7)15-19(17(5)29(9,13-3)31-27)21-22(24(26(35)36)37-23(21)25(33)34)20-16-28(8,12-2)32-30(10,14-4)18(20)6/h17-20,31-32H,11-16H2,1-10H3,(H,33,34)(H,35,36). The van der Waals surface area contributed by atoms with E-state index in [4.69, 9.17) is 0 Å². The van der Waals surface area contributed by atoms with Gasteiger partial charge in [-0.2, -0.15) is 0 Å². The van der Waals surface area contributed by atoms with Crippen molar-refractivity contribution >= 4 is 23.3 Å². The van der Waals surface area contributed by atoms with Crippen LogP contribution in [0.5, 0.6) is 0 Å². The van der Waals surface area contributed by atoms with Crippen LogP contribution in [0.25, 0.3) is 0 Å². The van der Waals surface area contributed by atoms with Crippen molar-refractivity contribution in [1.82, 2.24) is 10.6 Å². The number of nitrogens with one attached hydrogen (secondary N) is 2. The molecule has 4 N–H and O–H groups in total. The third-order valence-corrected chi connectivity index (χ3v) is 12.1. The number of hydrogen-bond acceptors (Lipinski definition) is 5. The van der Waals surface area contributed by atoms with Gasteiger partial charge in [-0.1, -0.05) is 41.5 Å². The van der Waals surface area contributed by atoms with Crippen LogP contribution in [-0.4, -0.2) is 44.3 Å². The van der Waals surface area contributed by atoms with E-state index in [0.717, 1.165) is 61.0 Å². The van der Waals surface area contributed by atoms with Gasteiger partial charge in [0.2, 0.25) is 0 Å². The van der Waals surface area contributed by atoms with Gasteiger partial charge in [0.1, 0.15) is 9.75 Å². The molecule has 3 rings (SSSR count). The van der Waals surface area contributed by atoms with Crippen LogP contribution >= 0.6 is 11.3 Å². The minimum absolute atomic E-state index is 0.0375. The summed E-state index contributed by atoms with van der Waals surface area (Å²) >= 11 is 0.985. The highest BCUT2D eigenvalue weighted by Crippen LogP contribution is 2.55. The first-order chi connectivity index (χ1) is 17.0. The maximum absolute atomic E-state index is 12.7. The fraction of sp³-hybridized carbons (Fsp3) is 0.800. The summed E-state index contributed by atoms with van der Waals surface area (Å²) in [4.78, 5) is 25.9. The van der Waals surface area contributed by atoms with Gasteiger partial charge >= 0.3 is 11.9 Å². The predicted octanol–water partition coefficient (Wildman–Crippen LogP) is 7.25. The number of carbonyl (C=O) groups is 2. The molecule has 0 bridgehead atoms. The molecule has 37 heavy (non-hydrogen) atoms. The average molecular weight is 535 g/mol. The predicted molar refractivity (Wildman–Crippen MR) is 152 cm³/mol. The summed E-state index contributed by atoms with van der Waals surface area (Å²) in [5, 5.41) is 28.7. The molecule has 2 aliphatic heterocycles. The molecular weight excluding hydrogens is 484 g/mol. The molecule has 8 unspecified atom stereocenters. The molecule has 1 aromatic heterocycles. The third-order valence-electron chi connectivity index (χ3n) is 10.9. The van der Waals surface area contributed by atoms with E-state index >= 15 is 0 Å². The SMILES string of the molecule is CCC1(C)CC(c2c(C(=O)O)sc(C(=O)O)c2C2CC(C)(CC)NC(C)(CC)C2C)C(C)C(C)(CC)N1. The zero-order chi connectivity index (χ0) is 28.1. The van der Waals surface area contributed by atoms with Gasteiger partial charge in [0.25, 0.3) is 0 Å². The molecule has 1 aromatic rings. The van der Waals surface area contributed by atoms with Crippen LogP contribution in [-0.2, 0) is 0 Å². The highest BCUT2D eigenvalue weighted by atomic mass is 32.1. The van der Waals surface area contributed by atoms with Crippen molar-refractivity contribution in [3.8, 4) is 0 Å². The maximum atomic E-state index is 12.7. The normalized spacial score (nSPS) is 40.5. The van der Waals surface area contributed by atoms with Crippen molar-refractivity contribution in [3.63, 3.8) is 0 Å². The fourth-order valence-electron chi connectivity index (χ4n) is 7.42. The van der Waals surface area contributed by atoms with Crippen molar-refractivity contribution in [3.05, 3.63) is 20.9 Å². The molecule has 8 atom stereocenters.